The van der Waals surface area contributed by atoms with Crippen LogP contribution in [0.3, 0.4) is 0 Å². The molecular formula is C9H11O. The first-order valence-electron chi connectivity index (χ1n) is 3.46. The van der Waals surface area contributed by atoms with Crippen LogP contribution in [0.1, 0.15) is 11.1 Å². The van der Waals surface area contributed by atoms with E-state index in [-0.39, 0.29) is 6.61 Å². The Kier molecular flexibility index (Phi) is 2.46. The van der Waals surface area contributed by atoms with E-state index in [1.54, 1.807) is 0 Å². The average molecular weight is 135 g/mol. The molecule has 0 N–H and O–H groups in total. The van der Waals surface area contributed by atoms with E-state index in [0.29, 0.717) is 6.42 Å². The van der Waals surface area contributed by atoms with E-state index >= 15 is 0 Å². The second-order valence-electron chi connectivity index (χ2n) is 2.44. The van der Waals surface area contributed by atoms with Gasteiger partial charge in [0.05, 0.1) is 6.61 Å². The molecule has 0 bridgehead atoms. The van der Waals surface area contributed by atoms with E-state index in [2.05, 4.69) is 0 Å². The number of rotatable bonds is 2. The largest absolute Gasteiger partial charge is 0.236 e. The summed E-state index contributed by atoms with van der Waals surface area (Å²) in [4.78, 5) is 0. The molecule has 1 heteroatoms. The highest BCUT2D eigenvalue weighted by Gasteiger charge is 1.89. The molecule has 0 aliphatic carbocycles. The third-order valence-corrected chi connectivity index (χ3v) is 1.51. The number of benzene rings is 1. The molecule has 0 spiro atoms. The molecule has 0 aromatic heterocycles. The lowest BCUT2D eigenvalue weighted by atomic mass is 10.1. The first-order chi connectivity index (χ1) is 4.83. The molecule has 0 unspecified atom stereocenters. The van der Waals surface area contributed by atoms with Gasteiger partial charge in [0.2, 0.25) is 0 Å². The van der Waals surface area contributed by atoms with Crippen LogP contribution in [0.5, 0.6) is 0 Å². The quantitative estimate of drug-likeness (QED) is 0.590. The topological polar surface area (TPSA) is 19.9 Å². The summed E-state index contributed by atoms with van der Waals surface area (Å²) >= 11 is 0. The van der Waals surface area contributed by atoms with Gasteiger partial charge in [-0.1, -0.05) is 29.8 Å². The van der Waals surface area contributed by atoms with Crippen molar-refractivity contribution in [1.29, 1.82) is 0 Å². The lowest BCUT2D eigenvalue weighted by Gasteiger charge is -1.96. The van der Waals surface area contributed by atoms with Gasteiger partial charge < -0.3 is 0 Å². The summed E-state index contributed by atoms with van der Waals surface area (Å²) in [5.74, 6) is 0. The van der Waals surface area contributed by atoms with Gasteiger partial charge in [-0.25, -0.2) is 5.11 Å². The molecule has 1 nitrogen and oxygen atoms in total. The lowest BCUT2D eigenvalue weighted by molar-refractivity contribution is 0.197. The zero-order chi connectivity index (χ0) is 7.40. The Balaban J connectivity index is 2.69. The van der Waals surface area contributed by atoms with Gasteiger partial charge in [-0.3, -0.25) is 0 Å². The van der Waals surface area contributed by atoms with E-state index in [4.69, 9.17) is 0 Å². The fourth-order valence-electron chi connectivity index (χ4n) is 0.873. The predicted molar refractivity (Wildman–Crippen MR) is 40.4 cm³/mol. The Hall–Kier alpha value is -0.820. The van der Waals surface area contributed by atoms with Crippen LogP contribution in [0, 0.1) is 6.92 Å². The average Bonchev–Trinajstić information content (AvgIpc) is 1.95. The zero-order valence-electron chi connectivity index (χ0n) is 6.13. The highest BCUT2D eigenvalue weighted by molar-refractivity contribution is 5.21. The van der Waals surface area contributed by atoms with E-state index < -0.39 is 0 Å². The first-order valence-corrected chi connectivity index (χ1v) is 3.46. The second-order valence-corrected chi connectivity index (χ2v) is 2.44. The molecule has 0 fully saturated rings. The summed E-state index contributed by atoms with van der Waals surface area (Å²) in [6, 6.07) is 8.08. The number of aryl methyl sites for hydroxylation is 1. The molecule has 0 heterocycles. The van der Waals surface area contributed by atoms with Crippen LogP contribution in [0.2, 0.25) is 0 Å². The van der Waals surface area contributed by atoms with Crippen molar-refractivity contribution in [2.75, 3.05) is 6.61 Å². The Morgan fingerprint density at radius 1 is 1.20 bits per heavy atom. The molecule has 53 valence electrons. The smallest absolute Gasteiger partial charge is 0.0862 e. The highest BCUT2D eigenvalue weighted by Crippen LogP contribution is 2.02. The Bertz CT molecular complexity index is 188. The normalized spacial score (nSPS) is 9.80. The van der Waals surface area contributed by atoms with Crippen LogP contribution >= 0.6 is 0 Å². The predicted octanol–water partition coefficient (Wildman–Crippen LogP) is 1.97. The molecule has 0 atom stereocenters. The molecule has 0 saturated carbocycles. The van der Waals surface area contributed by atoms with Gasteiger partial charge in [0.25, 0.3) is 0 Å². The first kappa shape index (κ1) is 7.29. The van der Waals surface area contributed by atoms with E-state index in [9.17, 15) is 5.11 Å². The molecule has 1 aromatic carbocycles. The van der Waals surface area contributed by atoms with Crippen LogP contribution in [-0.2, 0) is 11.5 Å². The van der Waals surface area contributed by atoms with Gasteiger partial charge >= 0.3 is 0 Å². The van der Waals surface area contributed by atoms with Crippen LogP contribution in [0.25, 0.3) is 0 Å². The van der Waals surface area contributed by atoms with Gasteiger partial charge in [-0.15, -0.1) is 0 Å². The van der Waals surface area contributed by atoms with E-state index in [0.717, 1.165) is 5.56 Å². The van der Waals surface area contributed by atoms with Crippen LogP contribution in [0.15, 0.2) is 24.3 Å². The van der Waals surface area contributed by atoms with E-state index in [1.807, 2.05) is 31.2 Å². The Labute approximate surface area is 61.3 Å². The van der Waals surface area contributed by atoms with Crippen LogP contribution in [-0.4, -0.2) is 6.61 Å². The molecular weight excluding hydrogens is 124 g/mol. The van der Waals surface area contributed by atoms with Crippen molar-refractivity contribution in [2.45, 2.75) is 13.3 Å². The summed E-state index contributed by atoms with van der Waals surface area (Å²) in [5.41, 5.74) is 2.38. The molecule has 0 saturated heterocycles. The van der Waals surface area contributed by atoms with Gasteiger partial charge in [-0.2, -0.15) is 0 Å². The van der Waals surface area contributed by atoms with Crippen molar-refractivity contribution in [3.8, 4) is 0 Å². The standard InChI is InChI=1S/C9H11O/c1-8-2-4-9(5-3-8)6-7-10/h2-5H,6-7H2,1H3. The van der Waals surface area contributed by atoms with Crippen LogP contribution in [0.4, 0.5) is 0 Å². The fraction of sp³-hybridized carbons (Fsp3) is 0.333. The van der Waals surface area contributed by atoms with Crippen molar-refractivity contribution in [1.82, 2.24) is 0 Å². The van der Waals surface area contributed by atoms with Gasteiger partial charge in [0.1, 0.15) is 0 Å². The second kappa shape index (κ2) is 3.37. The minimum atomic E-state index is -0.0109. The molecule has 0 aliphatic rings. The third kappa shape index (κ3) is 1.85. The van der Waals surface area contributed by atoms with Crippen molar-refractivity contribution < 1.29 is 5.11 Å². The monoisotopic (exact) mass is 135 g/mol. The minimum absolute atomic E-state index is 0.0109. The minimum Gasteiger partial charge on any atom is -0.236 e. The highest BCUT2D eigenvalue weighted by atomic mass is 16.2. The summed E-state index contributed by atoms with van der Waals surface area (Å²) in [5, 5.41) is 10.2. The Morgan fingerprint density at radius 2 is 1.80 bits per heavy atom. The lowest BCUT2D eigenvalue weighted by Crippen LogP contribution is -1.87. The fourth-order valence-corrected chi connectivity index (χ4v) is 0.873. The van der Waals surface area contributed by atoms with Crippen molar-refractivity contribution in [3.05, 3.63) is 35.4 Å². The molecule has 10 heavy (non-hydrogen) atoms. The SMILES string of the molecule is Cc1ccc(CC[O])cc1. The maximum absolute atomic E-state index is 10.2. The van der Waals surface area contributed by atoms with Crippen molar-refractivity contribution >= 4 is 0 Å². The summed E-state index contributed by atoms with van der Waals surface area (Å²) < 4.78 is 0. The molecule has 1 aromatic rings. The van der Waals surface area contributed by atoms with Gasteiger partial charge in [0.15, 0.2) is 0 Å². The molecule has 0 amide bonds. The maximum Gasteiger partial charge on any atom is 0.0862 e. The summed E-state index contributed by atoms with van der Waals surface area (Å²) in [6.45, 7) is 2.03. The zero-order valence-corrected chi connectivity index (χ0v) is 6.13. The third-order valence-electron chi connectivity index (χ3n) is 1.51. The molecule has 1 radical (unpaired) electrons. The number of hydrogen-bond donors (Lipinski definition) is 0. The molecule has 0 aliphatic heterocycles. The van der Waals surface area contributed by atoms with Crippen molar-refractivity contribution in [3.63, 3.8) is 0 Å². The number of hydrogen-bond acceptors (Lipinski definition) is 0. The summed E-state index contributed by atoms with van der Waals surface area (Å²) in [7, 11) is 0. The van der Waals surface area contributed by atoms with Crippen molar-refractivity contribution in [2.24, 2.45) is 0 Å². The maximum atomic E-state index is 10.2. The summed E-state index contributed by atoms with van der Waals surface area (Å²) in [6.07, 6.45) is 0.653. The van der Waals surface area contributed by atoms with Gasteiger partial charge in [-0.05, 0) is 18.9 Å². The Morgan fingerprint density at radius 3 is 2.30 bits per heavy atom. The van der Waals surface area contributed by atoms with Gasteiger partial charge in [0, 0.05) is 0 Å². The van der Waals surface area contributed by atoms with E-state index in [1.165, 1.54) is 5.56 Å². The van der Waals surface area contributed by atoms with Crippen LogP contribution < -0.4 is 0 Å². The molecule has 1 rings (SSSR count).